The molecule has 1 aromatic carbocycles. The molecule has 0 aliphatic heterocycles. The summed E-state index contributed by atoms with van der Waals surface area (Å²) in [7, 11) is 0. The van der Waals surface area contributed by atoms with E-state index in [0.29, 0.717) is 17.6 Å². The van der Waals surface area contributed by atoms with Gasteiger partial charge in [-0.05, 0) is 56.2 Å². The van der Waals surface area contributed by atoms with Crippen molar-refractivity contribution in [3.8, 4) is 0 Å². The Bertz CT molecular complexity index is 369. The van der Waals surface area contributed by atoms with E-state index >= 15 is 0 Å². The molecule has 0 unspecified atom stereocenters. The number of halogens is 1. The van der Waals surface area contributed by atoms with E-state index < -0.39 is 0 Å². The summed E-state index contributed by atoms with van der Waals surface area (Å²) in [5, 5.41) is 0. The molecule has 1 nitrogen and oxygen atoms in total. The average molecular weight is 281 g/mol. The molecule has 1 aromatic rings. The van der Waals surface area contributed by atoms with Gasteiger partial charge in [0.1, 0.15) is 5.78 Å². The number of rotatable bonds is 3. The fourth-order valence-electron chi connectivity index (χ4n) is 2.58. The summed E-state index contributed by atoms with van der Waals surface area (Å²) in [6.45, 7) is 1.73. The molecule has 0 aromatic heterocycles. The minimum atomic E-state index is 0.334. The third kappa shape index (κ3) is 2.94. The van der Waals surface area contributed by atoms with Gasteiger partial charge in [0.15, 0.2) is 0 Å². The largest absolute Gasteiger partial charge is 0.300 e. The second-order valence-electron chi connectivity index (χ2n) is 4.82. The smallest absolute Gasteiger partial charge is 0.132 e. The lowest BCUT2D eigenvalue weighted by molar-refractivity contribution is -0.120. The molecule has 1 aliphatic rings. The predicted octanol–water partition coefficient (Wildman–Crippen LogP) is 4.00. The molecule has 0 amide bonds. The maximum Gasteiger partial charge on any atom is 0.132 e. The zero-order chi connectivity index (χ0) is 11.5. The first kappa shape index (κ1) is 11.8. The first-order chi connectivity index (χ1) is 7.65. The van der Waals surface area contributed by atoms with Gasteiger partial charge in [0, 0.05) is 10.4 Å². The molecule has 0 saturated heterocycles. The monoisotopic (exact) mass is 280 g/mol. The number of hydrogen-bond acceptors (Lipinski definition) is 1. The Labute approximate surface area is 105 Å². The van der Waals surface area contributed by atoms with E-state index in [1.807, 2.05) is 0 Å². The van der Waals surface area contributed by atoms with Gasteiger partial charge < -0.3 is 0 Å². The summed E-state index contributed by atoms with van der Waals surface area (Å²) in [5.74, 6) is 1.41. The molecule has 0 N–H and O–H groups in total. The minimum absolute atomic E-state index is 0.334. The molecule has 1 saturated carbocycles. The van der Waals surface area contributed by atoms with Crippen LogP contribution in [0.3, 0.4) is 0 Å². The average Bonchev–Trinajstić information content (AvgIpc) is 2.70. The number of hydrogen-bond donors (Lipinski definition) is 0. The van der Waals surface area contributed by atoms with E-state index in [4.69, 9.17) is 0 Å². The van der Waals surface area contributed by atoms with E-state index in [1.165, 1.54) is 12.0 Å². The molecule has 0 bridgehead atoms. The lowest BCUT2D eigenvalue weighted by atomic mass is 9.96. The van der Waals surface area contributed by atoms with Crippen LogP contribution in [0.2, 0.25) is 0 Å². The molecule has 0 heterocycles. The van der Waals surface area contributed by atoms with E-state index in [9.17, 15) is 4.79 Å². The summed E-state index contributed by atoms with van der Waals surface area (Å²) in [5.41, 5.74) is 1.39. The van der Waals surface area contributed by atoms with Crippen LogP contribution in [0.4, 0.5) is 0 Å². The van der Waals surface area contributed by atoms with Crippen LogP contribution in [0.15, 0.2) is 28.7 Å². The van der Waals surface area contributed by atoms with Gasteiger partial charge in [-0.2, -0.15) is 0 Å². The van der Waals surface area contributed by atoms with Crippen LogP contribution in [0.25, 0.3) is 0 Å². The van der Waals surface area contributed by atoms with Gasteiger partial charge in [-0.15, -0.1) is 0 Å². The Morgan fingerprint density at radius 2 is 2.00 bits per heavy atom. The normalized spacial score (nSPS) is 24.6. The van der Waals surface area contributed by atoms with Crippen molar-refractivity contribution in [2.75, 3.05) is 0 Å². The predicted molar refractivity (Wildman–Crippen MR) is 69.4 cm³/mol. The van der Waals surface area contributed by atoms with E-state index in [2.05, 4.69) is 40.2 Å². The van der Waals surface area contributed by atoms with Crippen molar-refractivity contribution in [3.63, 3.8) is 0 Å². The molecular weight excluding hydrogens is 264 g/mol. The summed E-state index contributed by atoms with van der Waals surface area (Å²) >= 11 is 3.44. The quantitative estimate of drug-likeness (QED) is 0.818. The summed E-state index contributed by atoms with van der Waals surface area (Å²) in [6.07, 6.45) is 4.51. The van der Waals surface area contributed by atoms with Gasteiger partial charge >= 0.3 is 0 Å². The molecule has 1 fully saturated rings. The van der Waals surface area contributed by atoms with Gasteiger partial charge in [-0.3, -0.25) is 4.79 Å². The van der Waals surface area contributed by atoms with Crippen LogP contribution in [-0.4, -0.2) is 5.78 Å². The number of carbonyl (C=O) groups excluding carboxylic acids is 1. The number of benzene rings is 1. The zero-order valence-electron chi connectivity index (χ0n) is 9.58. The van der Waals surface area contributed by atoms with Crippen molar-refractivity contribution in [1.82, 2.24) is 0 Å². The molecule has 1 aliphatic carbocycles. The van der Waals surface area contributed by atoms with Gasteiger partial charge in [0.05, 0.1) is 0 Å². The van der Waals surface area contributed by atoms with Crippen LogP contribution in [0, 0.1) is 11.8 Å². The van der Waals surface area contributed by atoms with E-state index in [-0.39, 0.29) is 0 Å². The molecule has 2 atom stereocenters. The molecule has 0 radical (unpaired) electrons. The van der Waals surface area contributed by atoms with Crippen molar-refractivity contribution in [2.45, 2.75) is 32.6 Å². The Balaban J connectivity index is 1.92. The summed E-state index contributed by atoms with van der Waals surface area (Å²) < 4.78 is 1.13. The molecule has 0 spiro atoms. The van der Waals surface area contributed by atoms with Gasteiger partial charge in [0.25, 0.3) is 0 Å². The van der Waals surface area contributed by atoms with Gasteiger partial charge in [-0.1, -0.05) is 28.1 Å². The van der Waals surface area contributed by atoms with Crippen LogP contribution < -0.4 is 0 Å². The van der Waals surface area contributed by atoms with Crippen LogP contribution in [0.5, 0.6) is 0 Å². The lowest BCUT2D eigenvalue weighted by Gasteiger charge is -2.09. The first-order valence-corrected chi connectivity index (χ1v) is 6.69. The van der Waals surface area contributed by atoms with Crippen molar-refractivity contribution in [3.05, 3.63) is 34.3 Å². The first-order valence-electron chi connectivity index (χ1n) is 5.90. The Hall–Kier alpha value is -0.630. The summed E-state index contributed by atoms with van der Waals surface area (Å²) in [6, 6.07) is 8.52. The standard InChI is InChI=1S/C14H17BrO/c1-10(16)13-5-2-12(9-13)8-11-3-6-14(15)7-4-11/h3-4,6-7,12-13H,2,5,8-9H2,1H3/t12-,13+/m0/s1. The highest BCUT2D eigenvalue weighted by molar-refractivity contribution is 9.10. The highest BCUT2D eigenvalue weighted by Gasteiger charge is 2.27. The zero-order valence-corrected chi connectivity index (χ0v) is 11.2. The van der Waals surface area contributed by atoms with E-state index in [0.717, 1.165) is 23.7 Å². The Morgan fingerprint density at radius 1 is 1.31 bits per heavy atom. The lowest BCUT2D eigenvalue weighted by Crippen LogP contribution is -2.07. The third-order valence-corrected chi connectivity index (χ3v) is 4.08. The fraction of sp³-hybridized carbons (Fsp3) is 0.500. The molecule has 86 valence electrons. The van der Waals surface area contributed by atoms with Crippen LogP contribution in [0.1, 0.15) is 31.7 Å². The van der Waals surface area contributed by atoms with Crippen molar-refractivity contribution < 1.29 is 4.79 Å². The molecular formula is C14H17BrO. The molecule has 2 heteroatoms. The maximum atomic E-state index is 11.3. The van der Waals surface area contributed by atoms with Gasteiger partial charge in [-0.25, -0.2) is 0 Å². The number of Topliss-reactive ketones (excluding diaryl/α,β-unsaturated/α-hetero) is 1. The van der Waals surface area contributed by atoms with Crippen LogP contribution >= 0.6 is 15.9 Å². The number of ketones is 1. The van der Waals surface area contributed by atoms with Gasteiger partial charge in [0.2, 0.25) is 0 Å². The highest BCUT2D eigenvalue weighted by Crippen LogP contribution is 2.33. The van der Waals surface area contributed by atoms with E-state index in [1.54, 1.807) is 6.92 Å². The van der Waals surface area contributed by atoms with Crippen LogP contribution in [-0.2, 0) is 11.2 Å². The topological polar surface area (TPSA) is 17.1 Å². The van der Waals surface area contributed by atoms with Crippen molar-refractivity contribution in [1.29, 1.82) is 0 Å². The third-order valence-electron chi connectivity index (χ3n) is 3.55. The highest BCUT2D eigenvalue weighted by atomic mass is 79.9. The Morgan fingerprint density at radius 3 is 2.56 bits per heavy atom. The number of carbonyl (C=O) groups is 1. The SMILES string of the molecule is CC(=O)[C@@H]1CC[C@@H](Cc2ccc(Br)cc2)C1. The van der Waals surface area contributed by atoms with Crippen molar-refractivity contribution >= 4 is 21.7 Å². The van der Waals surface area contributed by atoms with Crippen molar-refractivity contribution in [2.24, 2.45) is 11.8 Å². The molecule has 2 rings (SSSR count). The second-order valence-corrected chi connectivity index (χ2v) is 5.73. The fourth-order valence-corrected chi connectivity index (χ4v) is 2.85. The second kappa shape index (κ2) is 5.13. The molecule has 16 heavy (non-hydrogen) atoms. The Kier molecular flexibility index (Phi) is 3.80. The summed E-state index contributed by atoms with van der Waals surface area (Å²) in [4.78, 5) is 11.3. The minimum Gasteiger partial charge on any atom is -0.300 e. The maximum absolute atomic E-state index is 11.3.